The molecule has 71 heavy (non-hydrogen) atoms. The van der Waals surface area contributed by atoms with Gasteiger partial charge in [0.05, 0.1) is 37.4 Å². The summed E-state index contributed by atoms with van der Waals surface area (Å²) in [6.45, 7) is 12.3. The van der Waals surface area contributed by atoms with Gasteiger partial charge in [-0.25, -0.2) is 4.79 Å². The minimum Gasteiger partial charge on any atom is -0.481 e. The van der Waals surface area contributed by atoms with Crippen molar-refractivity contribution in [2.45, 2.75) is 174 Å². The Morgan fingerprint density at radius 2 is 0.944 bits per heavy atom. The molecule has 0 saturated heterocycles. The third kappa shape index (κ3) is 24.6. The van der Waals surface area contributed by atoms with Gasteiger partial charge in [0.25, 0.3) is 0 Å². The largest absolute Gasteiger partial charge is 0.481 e. The van der Waals surface area contributed by atoms with Crippen molar-refractivity contribution in [1.82, 2.24) is 47.9 Å². The van der Waals surface area contributed by atoms with Crippen LogP contribution in [0.5, 0.6) is 0 Å². The highest BCUT2D eigenvalue weighted by Crippen LogP contribution is 2.11. The van der Waals surface area contributed by atoms with E-state index in [0.717, 1.165) is 13.8 Å². The van der Waals surface area contributed by atoms with Crippen LogP contribution in [0.1, 0.15) is 107 Å². The quantitative estimate of drug-likeness (QED) is 0.0268. The first-order valence-corrected chi connectivity index (χ1v) is 23.6. The Bertz CT molecular complexity index is 1820. The maximum Gasteiger partial charge on any atom is 0.328 e. The Hall–Kier alpha value is -6.03. The first-order valence-electron chi connectivity index (χ1n) is 23.6. The first kappa shape index (κ1) is 65.0. The van der Waals surface area contributed by atoms with Crippen LogP contribution >= 0.6 is 0 Å². The zero-order valence-electron chi connectivity index (χ0n) is 42.0. The van der Waals surface area contributed by atoms with Crippen LogP contribution in [-0.4, -0.2) is 177 Å². The van der Waals surface area contributed by atoms with E-state index in [1.54, 1.807) is 41.5 Å². The first-order chi connectivity index (χ1) is 33.0. The molecular formula is C44H79N11O16. The molecule has 0 saturated carbocycles. The molecule has 0 heterocycles. The number of aliphatic hydroxyl groups excluding tert-OH is 3. The SMILES string of the molecule is CC[C@H](C)[C@H](NC(=O)[C@@H](NC(=O)[C@@H](N)C(C)C)[C@@H](C)O)C(=O)NCC(=O)N[C@@H](CCCCN)C(=O)N[C@@H](CCC(=O)O)C(=O)NCC(=O)N[C@H](C(=O)N[C@@H](CC(C)C)C(=O)N[C@H](C(=O)O)[C@@H](C)O)[C@@H](C)O. The molecule has 0 aliphatic rings. The molecule has 0 rings (SSSR count). The fourth-order valence-corrected chi connectivity index (χ4v) is 6.52. The van der Waals surface area contributed by atoms with Crippen molar-refractivity contribution >= 4 is 65.1 Å². The van der Waals surface area contributed by atoms with Crippen molar-refractivity contribution in [3.63, 3.8) is 0 Å². The number of hydrogen-bond donors (Lipinski definition) is 16. The number of unbranched alkanes of at least 4 members (excludes halogenated alkanes) is 1. The van der Waals surface area contributed by atoms with Crippen molar-refractivity contribution in [3.05, 3.63) is 0 Å². The minimum absolute atomic E-state index is 0.0242. The lowest BCUT2D eigenvalue weighted by Gasteiger charge is -2.28. The molecule has 0 bridgehead atoms. The Balaban J connectivity index is 6.08. The number of carboxylic acids is 2. The van der Waals surface area contributed by atoms with Crippen LogP contribution in [0, 0.1) is 17.8 Å². The fraction of sp³-hybridized carbons (Fsp3) is 0.750. The average molecular weight is 1020 g/mol. The molecule has 27 nitrogen and oxygen atoms in total. The number of carboxylic acid groups (broad SMARTS) is 2. The van der Waals surface area contributed by atoms with Crippen LogP contribution in [0.2, 0.25) is 0 Å². The van der Waals surface area contributed by atoms with E-state index in [9.17, 15) is 78.3 Å². The van der Waals surface area contributed by atoms with E-state index < -0.39 is 164 Å². The Labute approximate surface area is 413 Å². The Kier molecular flexibility index (Phi) is 30.0. The summed E-state index contributed by atoms with van der Waals surface area (Å²) < 4.78 is 0. The molecule has 0 radical (unpaired) electrons. The summed E-state index contributed by atoms with van der Waals surface area (Å²) >= 11 is 0. The number of carbonyl (C=O) groups is 11. The lowest BCUT2D eigenvalue weighted by atomic mass is 9.97. The smallest absolute Gasteiger partial charge is 0.328 e. The molecule has 0 aromatic rings. The van der Waals surface area contributed by atoms with Crippen LogP contribution in [0.15, 0.2) is 0 Å². The number of hydrogen-bond acceptors (Lipinski definition) is 16. The van der Waals surface area contributed by atoms with Crippen LogP contribution in [0.3, 0.4) is 0 Å². The number of aliphatic carboxylic acids is 2. The van der Waals surface area contributed by atoms with Gasteiger partial charge in [-0.15, -0.1) is 0 Å². The van der Waals surface area contributed by atoms with Gasteiger partial charge in [0.2, 0.25) is 53.2 Å². The van der Waals surface area contributed by atoms with Crippen molar-refractivity contribution in [1.29, 1.82) is 0 Å². The summed E-state index contributed by atoms with van der Waals surface area (Å²) in [6, 6.07) is -11.6. The molecule has 0 unspecified atom stereocenters. The predicted octanol–water partition coefficient (Wildman–Crippen LogP) is -5.09. The molecule has 18 N–H and O–H groups in total. The van der Waals surface area contributed by atoms with E-state index in [0.29, 0.717) is 12.8 Å². The fourth-order valence-electron chi connectivity index (χ4n) is 6.52. The molecule has 0 spiro atoms. The number of nitrogens with two attached hydrogens (primary N) is 2. The lowest BCUT2D eigenvalue weighted by molar-refractivity contribution is -0.145. The Morgan fingerprint density at radius 3 is 1.42 bits per heavy atom. The molecule has 0 fully saturated rings. The lowest BCUT2D eigenvalue weighted by Crippen LogP contribution is -2.61. The van der Waals surface area contributed by atoms with Crippen molar-refractivity contribution in [2.24, 2.45) is 29.2 Å². The summed E-state index contributed by atoms with van der Waals surface area (Å²) in [6.07, 6.45) is -4.66. The molecule has 27 heteroatoms. The molecule has 0 aliphatic carbocycles. The van der Waals surface area contributed by atoms with Gasteiger partial charge < -0.3 is 84.9 Å². The summed E-state index contributed by atoms with van der Waals surface area (Å²) in [4.78, 5) is 142. The number of aliphatic hydroxyl groups is 3. The van der Waals surface area contributed by atoms with Crippen LogP contribution < -0.4 is 59.3 Å². The van der Waals surface area contributed by atoms with E-state index in [2.05, 4.69) is 47.9 Å². The van der Waals surface area contributed by atoms with Crippen molar-refractivity contribution < 1.29 is 78.3 Å². The molecule has 406 valence electrons. The van der Waals surface area contributed by atoms with Gasteiger partial charge in [-0.1, -0.05) is 48.0 Å². The van der Waals surface area contributed by atoms with Gasteiger partial charge in [0.1, 0.15) is 36.3 Å². The van der Waals surface area contributed by atoms with Crippen LogP contribution in [0.4, 0.5) is 0 Å². The normalized spacial score (nSPS) is 16.3. The highest BCUT2D eigenvalue weighted by atomic mass is 16.4. The van der Waals surface area contributed by atoms with E-state index in [-0.39, 0.29) is 37.6 Å². The standard InChI is InChI=1S/C44H79N11O16/c1-10-22(6)33(53-43(69)35(24(8)57)54-40(66)32(46)21(4)5)41(67)48-18-29(59)49-26(13-11-12-16-45)38(64)50-27(14-15-31(61)62)37(63)47-19-30(60)52-34(23(7)56)42(68)51-28(17-20(2)3)39(65)55-36(25(9)58)44(70)71/h20-28,32-36,56-58H,10-19,45-46H2,1-9H3,(H,47,63)(H,48,67)(H,49,59)(H,50,64)(H,51,68)(H,52,60)(H,53,69)(H,54,66)(H,55,65)(H,61,62)(H,70,71)/t22-,23+,24+,25+,26-,27-,28-,32-,33-,34-,35-,36-/m0/s1. The zero-order chi connectivity index (χ0) is 54.9. The number of nitrogens with one attached hydrogen (secondary N) is 9. The van der Waals surface area contributed by atoms with E-state index in [4.69, 9.17) is 11.5 Å². The Morgan fingerprint density at radius 1 is 0.493 bits per heavy atom. The van der Waals surface area contributed by atoms with Crippen molar-refractivity contribution in [3.8, 4) is 0 Å². The molecule has 0 aliphatic heterocycles. The van der Waals surface area contributed by atoms with Gasteiger partial charge >= 0.3 is 11.9 Å². The monoisotopic (exact) mass is 1020 g/mol. The summed E-state index contributed by atoms with van der Waals surface area (Å²) in [5, 5.41) is 70.3. The topological polar surface area (TPSA) is 449 Å². The second kappa shape index (κ2) is 32.8. The molecular weight excluding hydrogens is 939 g/mol. The number of rotatable bonds is 34. The average Bonchev–Trinajstić information content (AvgIpc) is 3.28. The molecule has 9 amide bonds. The summed E-state index contributed by atoms with van der Waals surface area (Å²) in [5.74, 6) is -12.4. The van der Waals surface area contributed by atoms with Gasteiger partial charge in [0.15, 0.2) is 6.04 Å². The van der Waals surface area contributed by atoms with E-state index in [1.165, 1.54) is 6.92 Å². The van der Waals surface area contributed by atoms with E-state index in [1.807, 2.05) is 0 Å². The van der Waals surface area contributed by atoms with Gasteiger partial charge in [0, 0.05) is 6.42 Å². The third-order valence-electron chi connectivity index (χ3n) is 11.1. The maximum atomic E-state index is 13.7. The molecule has 0 aromatic heterocycles. The van der Waals surface area contributed by atoms with Crippen LogP contribution in [-0.2, 0) is 52.7 Å². The van der Waals surface area contributed by atoms with Gasteiger partial charge in [-0.3, -0.25) is 47.9 Å². The second-order valence-electron chi connectivity index (χ2n) is 18.2. The molecule has 0 aromatic carbocycles. The van der Waals surface area contributed by atoms with Crippen molar-refractivity contribution in [2.75, 3.05) is 19.6 Å². The minimum atomic E-state index is -1.73. The summed E-state index contributed by atoms with van der Waals surface area (Å²) in [7, 11) is 0. The molecule has 12 atom stereocenters. The van der Waals surface area contributed by atoms with Gasteiger partial charge in [-0.2, -0.15) is 0 Å². The number of carbonyl (C=O) groups excluding carboxylic acids is 9. The predicted molar refractivity (Wildman–Crippen MR) is 254 cm³/mol. The highest BCUT2D eigenvalue weighted by molar-refractivity contribution is 5.97. The maximum absolute atomic E-state index is 13.7. The van der Waals surface area contributed by atoms with Gasteiger partial charge in [-0.05, 0) is 77.2 Å². The zero-order valence-corrected chi connectivity index (χ0v) is 42.0. The van der Waals surface area contributed by atoms with E-state index >= 15 is 0 Å². The third-order valence-corrected chi connectivity index (χ3v) is 11.1. The number of amides is 9. The summed E-state index contributed by atoms with van der Waals surface area (Å²) in [5.41, 5.74) is 11.5. The van der Waals surface area contributed by atoms with Crippen LogP contribution in [0.25, 0.3) is 0 Å². The highest BCUT2D eigenvalue weighted by Gasteiger charge is 2.36. The second-order valence-corrected chi connectivity index (χ2v) is 18.2.